The molecular weight excluding hydrogens is 298 g/mol. The fourth-order valence-corrected chi connectivity index (χ4v) is 3.75. The predicted octanol–water partition coefficient (Wildman–Crippen LogP) is 0.418. The largest absolute Gasteiger partial charge is 0.477 e. The molecule has 0 bridgehead atoms. The smallest absolute Gasteiger partial charge is 0.352 e. The second-order valence-corrected chi connectivity index (χ2v) is 6.48. The molecule has 0 aromatic carbocycles. The van der Waals surface area contributed by atoms with Gasteiger partial charge in [-0.1, -0.05) is 6.92 Å². The number of nitrogens with zero attached hydrogens (tertiary/aromatic N) is 3. The number of carbonyl (C=O) groups is 2. The van der Waals surface area contributed by atoms with Crippen LogP contribution in [0, 0.1) is 23.2 Å². The third-order valence-corrected chi connectivity index (χ3v) is 4.89. The van der Waals surface area contributed by atoms with Crippen LogP contribution in [0.2, 0.25) is 0 Å². The molecule has 0 unspecified atom stereocenters. The third-order valence-electron chi connectivity index (χ3n) is 4.89. The van der Waals surface area contributed by atoms with Crippen LogP contribution in [0.4, 0.5) is 0 Å². The quantitative estimate of drug-likeness (QED) is 0.734. The van der Waals surface area contributed by atoms with E-state index in [1.54, 1.807) is 6.92 Å². The Morgan fingerprint density at radius 2 is 2.22 bits per heavy atom. The summed E-state index contributed by atoms with van der Waals surface area (Å²) in [6, 6.07) is 1.77. The van der Waals surface area contributed by atoms with Crippen LogP contribution in [0.5, 0.6) is 0 Å². The molecule has 1 saturated heterocycles. The van der Waals surface area contributed by atoms with Crippen LogP contribution in [0.3, 0.4) is 0 Å². The molecule has 0 saturated carbocycles. The first-order chi connectivity index (χ1) is 10.8. The number of carboxylic acids is 1. The number of aliphatic hydroxyl groups excluding tert-OH is 1. The van der Waals surface area contributed by atoms with Gasteiger partial charge in [-0.15, -0.1) is 0 Å². The van der Waals surface area contributed by atoms with Crippen LogP contribution in [0.1, 0.15) is 26.7 Å². The highest BCUT2D eigenvalue weighted by Crippen LogP contribution is 2.45. The second-order valence-electron chi connectivity index (χ2n) is 6.48. The van der Waals surface area contributed by atoms with E-state index in [0.29, 0.717) is 25.1 Å². The average Bonchev–Trinajstić information content (AvgIpc) is 2.94. The summed E-state index contributed by atoms with van der Waals surface area (Å²) in [5.41, 5.74) is 0.751. The number of fused-ring (bicyclic) bond motifs is 1. The summed E-state index contributed by atoms with van der Waals surface area (Å²) in [6.45, 7) is 4.50. The molecule has 0 radical (unpaired) electrons. The molecule has 2 rings (SSSR count). The van der Waals surface area contributed by atoms with Crippen molar-refractivity contribution in [2.75, 3.05) is 20.1 Å². The fourth-order valence-electron chi connectivity index (χ4n) is 3.75. The molecule has 1 fully saturated rings. The van der Waals surface area contributed by atoms with Gasteiger partial charge in [0.05, 0.1) is 12.2 Å². The molecule has 7 nitrogen and oxygen atoms in total. The van der Waals surface area contributed by atoms with Gasteiger partial charge in [-0.25, -0.2) is 4.79 Å². The number of aliphatic carboxylic acids is 1. The topological polar surface area (TPSA) is 105 Å². The highest BCUT2D eigenvalue weighted by Gasteiger charge is 2.53. The van der Waals surface area contributed by atoms with E-state index in [-0.39, 0.29) is 35.9 Å². The van der Waals surface area contributed by atoms with Crippen LogP contribution in [0.15, 0.2) is 11.3 Å². The Labute approximate surface area is 135 Å². The van der Waals surface area contributed by atoms with E-state index in [1.165, 1.54) is 4.90 Å². The van der Waals surface area contributed by atoms with Gasteiger partial charge in [0.15, 0.2) is 0 Å². The summed E-state index contributed by atoms with van der Waals surface area (Å²) in [7, 11) is 1.83. The lowest BCUT2D eigenvalue weighted by Gasteiger charge is -2.27. The molecule has 0 aliphatic carbocycles. The Morgan fingerprint density at radius 1 is 1.57 bits per heavy atom. The zero-order valence-electron chi connectivity index (χ0n) is 13.7. The molecule has 2 N–H and O–H groups in total. The molecule has 23 heavy (non-hydrogen) atoms. The van der Waals surface area contributed by atoms with Crippen molar-refractivity contribution in [3.63, 3.8) is 0 Å². The maximum atomic E-state index is 12.3. The minimum atomic E-state index is -1.11. The highest BCUT2D eigenvalue weighted by molar-refractivity contribution is 5.96. The first-order valence-corrected chi connectivity index (χ1v) is 7.81. The first-order valence-electron chi connectivity index (χ1n) is 7.81. The Kier molecular flexibility index (Phi) is 5.07. The van der Waals surface area contributed by atoms with Gasteiger partial charge in [0.2, 0.25) is 5.91 Å². The highest BCUT2D eigenvalue weighted by atomic mass is 16.4. The van der Waals surface area contributed by atoms with Crippen molar-refractivity contribution in [1.29, 1.82) is 5.26 Å². The zero-order chi connectivity index (χ0) is 17.3. The van der Waals surface area contributed by atoms with Gasteiger partial charge in [0.25, 0.3) is 0 Å². The monoisotopic (exact) mass is 321 g/mol. The number of hydrogen-bond donors (Lipinski definition) is 2. The molecule has 126 valence electrons. The predicted molar refractivity (Wildman–Crippen MR) is 82.0 cm³/mol. The Balaban J connectivity index is 2.33. The maximum Gasteiger partial charge on any atom is 0.352 e. The van der Waals surface area contributed by atoms with Crippen LogP contribution < -0.4 is 0 Å². The van der Waals surface area contributed by atoms with Gasteiger partial charge in [0, 0.05) is 43.8 Å². The van der Waals surface area contributed by atoms with Crippen LogP contribution in [-0.2, 0) is 9.59 Å². The number of hydrogen-bond acceptors (Lipinski definition) is 5. The van der Waals surface area contributed by atoms with Crippen molar-refractivity contribution in [2.24, 2.45) is 11.8 Å². The fraction of sp³-hybridized carbons (Fsp3) is 0.688. The molecule has 2 aliphatic rings. The third kappa shape index (κ3) is 3.09. The van der Waals surface area contributed by atoms with E-state index in [0.717, 1.165) is 0 Å². The van der Waals surface area contributed by atoms with E-state index >= 15 is 0 Å². The number of rotatable bonds is 6. The van der Waals surface area contributed by atoms with E-state index in [1.807, 2.05) is 18.9 Å². The number of aliphatic hydroxyl groups is 1. The molecule has 4 atom stereocenters. The average molecular weight is 321 g/mol. The summed E-state index contributed by atoms with van der Waals surface area (Å²) >= 11 is 0. The number of amides is 1. The van der Waals surface area contributed by atoms with Gasteiger partial charge in [-0.05, 0) is 19.5 Å². The molecule has 7 heteroatoms. The zero-order valence-corrected chi connectivity index (χ0v) is 13.7. The lowest BCUT2D eigenvalue weighted by molar-refractivity contribution is -0.138. The SMILES string of the molecule is C[C@@H](O)[C@@H]1CC(=O)N2C(C(=O)O)=C(CN(C)CCC#N)[C@H](C)[C@H]12. The number of carboxylic acid groups (broad SMARTS) is 1. The van der Waals surface area contributed by atoms with Crippen LogP contribution in [-0.4, -0.2) is 64.2 Å². The van der Waals surface area contributed by atoms with Gasteiger partial charge < -0.3 is 20.0 Å². The molecule has 1 amide bonds. The Bertz CT molecular complexity index is 578. The summed E-state index contributed by atoms with van der Waals surface area (Å²) in [5.74, 6) is -1.73. The van der Waals surface area contributed by atoms with E-state index in [9.17, 15) is 19.8 Å². The molecule has 0 spiro atoms. The van der Waals surface area contributed by atoms with Gasteiger partial charge in [0.1, 0.15) is 5.70 Å². The van der Waals surface area contributed by atoms with Crippen molar-refractivity contribution >= 4 is 11.9 Å². The number of nitriles is 1. The summed E-state index contributed by atoms with van der Waals surface area (Å²) < 4.78 is 0. The van der Waals surface area contributed by atoms with Crippen molar-refractivity contribution in [2.45, 2.75) is 38.8 Å². The molecule has 0 aromatic heterocycles. The normalized spacial score (nSPS) is 28.3. The van der Waals surface area contributed by atoms with Crippen molar-refractivity contribution < 1.29 is 19.8 Å². The Morgan fingerprint density at radius 3 is 2.74 bits per heavy atom. The summed E-state index contributed by atoms with van der Waals surface area (Å²) in [6.07, 6.45) is -0.119. The lowest BCUT2D eigenvalue weighted by Crippen LogP contribution is -2.38. The van der Waals surface area contributed by atoms with Gasteiger partial charge >= 0.3 is 5.97 Å². The van der Waals surface area contributed by atoms with Gasteiger partial charge in [-0.3, -0.25) is 4.79 Å². The van der Waals surface area contributed by atoms with E-state index < -0.39 is 12.1 Å². The molecule has 0 aromatic rings. The first kappa shape index (κ1) is 17.4. The number of likely N-dealkylation sites (N-methyl/N-ethyl adjacent to an activating group) is 1. The summed E-state index contributed by atoms with van der Waals surface area (Å²) in [5, 5.41) is 28.2. The van der Waals surface area contributed by atoms with Crippen LogP contribution in [0.25, 0.3) is 0 Å². The van der Waals surface area contributed by atoms with Crippen molar-refractivity contribution in [3.05, 3.63) is 11.3 Å². The number of carbonyl (C=O) groups excluding carboxylic acids is 1. The molecule has 2 heterocycles. The minimum absolute atomic E-state index is 0.0551. The van der Waals surface area contributed by atoms with Crippen molar-refractivity contribution in [1.82, 2.24) is 9.80 Å². The second kappa shape index (κ2) is 6.69. The minimum Gasteiger partial charge on any atom is -0.477 e. The standard InChI is InChI=1S/C16H23N3O4/c1-9-12(8-18(3)6-4-5-17)15(16(22)23)19-13(21)7-11(10(2)20)14(9)19/h9-11,14,20H,4,6-8H2,1-3H3,(H,22,23)/t9-,10+,11-,14+/m0/s1. The maximum absolute atomic E-state index is 12.3. The van der Waals surface area contributed by atoms with E-state index in [2.05, 4.69) is 6.07 Å². The lowest BCUT2D eigenvalue weighted by atomic mass is 9.84. The molecule has 2 aliphatic heterocycles. The van der Waals surface area contributed by atoms with E-state index in [4.69, 9.17) is 5.26 Å². The summed E-state index contributed by atoms with van der Waals surface area (Å²) in [4.78, 5) is 27.3. The molecular formula is C16H23N3O4. The van der Waals surface area contributed by atoms with Crippen LogP contribution >= 0.6 is 0 Å². The Hall–Kier alpha value is -1.91. The van der Waals surface area contributed by atoms with Crippen molar-refractivity contribution in [3.8, 4) is 6.07 Å². The van der Waals surface area contributed by atoms with Gasteiger partial charge in [-0.2, -0.15) is 5.26 Å².